The number of para-hydroxylation sites is 1. The van der Waals surface area contributed by atoms with Gasteiger partial charge in [-0.2, -0.15) is 5.10 Å². The zero-order valence-electron chi connectivity index (χ0n) is 14.7. The lowest BCUT2D eigenvalue weighted by atomic mass is 10.2. The van der Waals surface area contributed by atoms with Crippen molar-refractivity contribution in [2.24, 2.45) is 0 Å². The number of aryl methyl sites for hydroxylation is 1. The molecular weight excluding hydrogens is 350 g/mol. The Balaban J connectivity index is 1.95. The Labute approximate surface area is 152 Å². The maximum Gasteiger partial charge on any atom is 0.262 e. The minimum atomic E-state index is -3.78. The third kappa shape index (κ3) is 3.39. The summed E-state index contributed by atoms with van der Waals surface area (Å²) in [5.74, 6) is -0.113. The molecule has 0 saturated carbocycles. The fourth-order valence-electron chi connectivity index (χ4n) is 2.67. The van der Waals surface area contributed by atoms with E-state index in [1.807, 2.05) is 37.3 Å². The molecule has 7 heteroatoms. The number of nitrogens with zero attached hydrogens (tertiary/aromatic N) is 2. The van der Waals surface area contributed by atoms with Crippen LogP contribution in [0.2, 0.25) is 0 Å². The second-order valence-corrected chi connectivity index (χ2v) is 7.66. The summed E-state index contributed by atoms with van der Waals surface area (Å²) in [7, 11) is -3.78. The van der Waals surface area contributed by atoms with Gasteiger partial charge in [-0.1, -0.05) is 30.3 Å². The van der Waals surface area contributed by atoms with Crippen LogP contribution in [0.3, 0.4) is 0 Å². The van der Waals surface area contributed by atoms with Crippen LogP contribution in [0.25, 0.3) is 5.69 Å². The Hall–Kier alpha value is -2.93. The second-order valence-electron chi connectivity index (χ2n) is 5.98. The molecule has 0 atom stereocenters. The molecule has 3 aromatic rings. The monoisotopic (exact) mass is 369 g/mol. The molecule has 1 heterocycles. The molecule has 1 N–H and O–H groups in total. The van der Waals surface area contributed by atoms with Gasteiger partial charge in [0.2, 0.25) is 0 Å². The third-order valence-electron chi connectivity index (χ3n) is 4.10. The first-order chi connectivity index (χ1) is 12.3. The highest BCUT2D eigenvalue weighted by atomic mass is 32.2. The molecule has 0 aliphatic rings. The van der Waals surface area contributed by atoms with E-state index in [9.17, 15) is 13.2 Å². The number of ketones is 1. The molecule has 0 bridgehead atoms. The van der Waals surface area contributed by atoms with E-state index in [2.05, 4.69) is 9.82 Å². The molecule has 0 aliphatic carbocycles. The Bertz CT molecular complexity index is 1050. The molecule has 26 heavy (non-hydrogen) atoms. The minimum Gasteiger partial charge on any atom is -0.295 e. The lowest BCUT2D eigenvalue weighted by Gasteiger charge is -2.09. The third-order valence-corrected chi connectivity index (χ3v) is 5.47. The number of hydrogen-bond acceptors (Lipinski definition) is 4. The number of rotatable bonds is 5. The summed E-state index contributed by atoms with van der Waals surface area (Å²) in [4.78, 5) is 11.4. The quantitative estimate of drug-likeness (QED) is 0.698. The average Bonchev–Trinajstić information content (AvgIpc) is 2.90. The Morgan fingerprint density at radius 2 is 1.62 bits per heavy atom. The predicted molar refractivity (Wildman–Crippen MR) is 100 cm³/mol. The Morgan fingerprint density at radius 1 is 1.00 bits per heavy atom. The Morgan fingerprint density at radius 3 is 2.19 bits per heavy atom. The molecule has 134 valence electrons. The van der Waals surface area contributed by atoms with Gasteiger partial charge in [0, 0.05) is 5.56 Å². The number of benzene rings is 2. The van der Waals surface area contributed by atoms with Gasteiger partial charge in [0.25, 0.3) is 10.0 Å². The lowest BCUT2D eigenvalue weighted by Crippen LogP contribution is -2.14. The molecule has 0 unspecified atom stereocenters. The van der Waals surface area contributed by atoms with Crippen molar-refractivity contribution in [3.63, 3.8) is 0 Å². The van der Waals surface area contributed by atoms with E-state index in [-0.39, 0.29) is 10.7 Å². The molecular formula is C19H19N3O3S. The van der Waals surface area contributed by atoms with Gasteiger partial charge in [0.05, 0.1) is 27.7 Å². The number of aromatic nitrogens is 2. The smallest absolute Gasteiger partial charge is 0.262 e. The lowest BCUT2D eigenvalue weighted by molar-refractivity contribution is 0.101. The van der Waals surface area contributed by atoms with E-state index in [1.54, 1.807) is 11.6 Å². The SMILES string of the molecule is CC(=O)c1ccc(S(=O)(=O)Nc2c(C)nn(-c3ccccc3)c2C)cc1. The number of nitrogens with one attached hydrogen (secondary N) is 1. The van der Waals surface area contributed by atoms with Crippen molar-refractivity contribution in [2.75, 3.05) is 4.72 Å². The van der Waals surface area contributed by atoms with Crippen LogP contribution in [0.4, 0.5) is 5.69 Å². The van der Waals surface area contributed by atoms with Crippen LogP contribution in [-0.2, 0) is 10.0 Å². The molecule has 1 aromatic heterocycles. The van der Waals surface area contributed by atoms with Crippen molar-refractivity contribution in [1.29, 1.82) is 0 Å². The van der Waals surface area contributed by atoms with Crippen LogP contribution >= 0.6 is 0 Å². The molecule has 0 spiro atoms. The molecule has 0 aliphatic heterocycles. The van der Waals surface area contributed by atoms with Crippen LogP contribution in [0.1, 0.15) is 28.7 Å². The highest BCUT2D eigenvalue weighted by molar-refractivity contribution is 7.92. The van der Waals surface area contributed by atoms with Gasteiger partial charge in [0.1, 0.15) is 0 Å². The summed E-state index contributed by atoms with van der Waals surface area (Å²) in [5, 5.41) is 4.44. The van der Waals surface area contributed by atoms with Crippen molar-refractivity contribution < 1.29 is 13.2 Å². The Kier molecular flexibility index (Phi) is 4.65. The van der Waals surface area contributed by atoms with Gasteiger partial charge in [-0.05, 0) is 45.0 Å². The number of carbonyl (C=O) groups is 1. The number of Topliss-reactive ketones (excluding diaryl/α,β-unsaturated/α-hetero) is 1. The first kappa shape index (κ1) is 17.9. The molecule has 0 amide bonds. The van der Waals surface area contributed by atoms with Gasteiger partial charge in [0.15, 0.2) is 5.78 Å². The summed E-state index contributed by atoms with van der Waals surface area (Å²) in [6.07, 6.45) is 0. The van der Waals surface area contributed by atoms with Crippen LogP contribution in [0.5, 0.6) is 0 Å². The van der Waals surface area contributed by atoms with Gasteiger partial charge >= 0.3 is 0 Å². The molecule has 2 aromatic carbocycles. The summed E-state index contributed by atoms with van der Waals surface area (Å²) < 4.78 is 29.7. The maximum atomic E-state index is 12.7. The first-order valence-corrected chi connectivity index (χ1v) is 9.53. The van der Waals surface area contributed by atoms with Crippen LogP contribution in [-0.4, -0.2) is 24.0 Å². The number of anilines is 1. The van der Waals surface area contributed by atoms with E-state index in [4.69, 9.17) is 0 Å². The molecule has 0 fully saturated rings. The van der Waals surface area contributed by atoms with Gasteiger partial charge in [-0.15, -0.1) is 0 Å². The van der Waals surface area contributed by atoms with E-state index >= 15 is 0 Å². The summed E-state index contributed by atoms with van der Waals surface area (Å²) in [6.45, 7) is 5.00. The largest absolute Gasteiger partial charge is 0.295 e. The predicted octanol–water partition coefficient (Wildman–Crippen LogP) is 3.49. The molecule has 0 saturated heterocycles. The van der Waals surface area contributed by atoms with Gasteiger partial charge in [-0.25, -0.2) is 13.1 Å². The average molecular weight is 369 g/mol. The van der Waals surface area contributed by atoms with Crippen LogP contribution in [0, 0.1) is 13.8 Å². The first-order valence-electron chi connectivity index (χ1n) is 8.05. The van der Waals surface area contributed by atoms with Crippen molar-refractivity contribution in [3.8, 4) is 5.69 Å². The zero-order valence-corrected chi connectivity index (χ0v) is 15.5. The number of hydrogen-bond donors (Lipinski definition) is 1. The second kappa shape index (κ2) is 6.76. The van der Waals surface area contributed by atoms with E-state index in [1.165, 1.54) is 31.2 Å². The summed E-state index contributed by atoms with van der Waals surface area (Å²) in [6, 6.07) is 15.4. The molecule has 3 rings (SSSR count). The highest BCUT2D eigenvalue weighted by Crippen LogP contribution is 2.25. The van der Waals surface area contributed by atoms with Crippen molar-refractivity contribution in [3.05, 3.63) is 71.5 Å². The topological polar surface area (TPSA) is 81.1 Å². The standard InChI is InChI=1S/C19H19N3O3S/c1-13-19(14(2)22(20-13)17-7-5-4-6-8-17)21-26(24,25)18-11-9-16(10-12-18)15(3)23/h4-12,21H,1-3H3. The number of sulfonamides is 1. The van der Waals surface area contributed by atoms with Gasteiger partial charge in [-0.3, -0.25) is 9.52 Å². The van der Waals surface area contributed by atoms with Crippen molar-refractivity contribution in [1.82, 2.24) is 9.78 Å². The van der Waals surface area contributed by atoms with Crippen molar-refractivity contribution in [2.45, 2.75) is 25.7 Å². The highest BCUT2D eigenvalue weighted by Gasteiger charge is 2.20. The zero-order chi connectivity index (χ0) is 18.9. The maximum absolute atomic E-state index is 12.7. The van der Waals surface area contributed by atoms with E-state index < -0.39 is 10.0 Å². The molecule has 0 radical (unpaired) electrons. The van der Waals surface area contributed by atoms with E-state index in [0.717, 1.165) is 5.69 Å². The fraction of sp³-hybridized carbons (Fsp3) is 0.158. The van der Waals surface area contributed by atoms with Crippen LogP contribution < -0.4 is 4.72 Å². The summed E-state index contributed by atoms with van der Waals surface area (Å²) >= 11 is 0. The normalized spacial score (nSPS) is 11.3. The van der Waals surface area contributed by atoms with E-state index in [0.29, 0.717) is 22.6 Å². The molecule has 6 nitrogen and oxygen atoms in total. The van der Waals surface area contributed by atoms with Crippen molar-refractivity contribution >= 4 is 21.5 Å². The number of carbonyl (C=O) groups excluding carboxylic acids is 1. The van der Waals surface area contributed by atoms with Gasteiger partial charge < -0.3 is 0 Å². The fourth-order valence-corrected chi connectivity index (χ4v) is 3.85. The minimum absolute atomic E-state index is 0.0914. The summed E-state index contributed by atoms with van der Waals surface area (Å²) in [5.41, 5.74) is 3.04. The van der Waals surface area contributed by atoms with Crippen LogP contribution in [0.15, 0.2) is 59.5 Å².